The van der Waals surface area contributed by atoms with E-state index in [0.717, 1.165) is 43.0 Å². The van der Waals surface area contributed by atoms with Gasteiger partial charge in [0.1, 0.15) is 11.8 Å². The molecule has 1 aliphatic rings. The summed E-state index contributed by atoms with van der Waals surface area (Å²) in [4.78, 5) is 11.5. The van der Waals surface area contributed by atoms with Gasteiger partial charge < -0.3 is 8.98 Å². The summed E-state index contributed by atoms with van der Waals surface area (Å²) in [6.07, 6.45) is 4.44. The summed E-state index contributed by atoms with van der Waals surface area (Å²) < 4.78 is 7.33. The highest BCUT2D eigenvalue weighted by molar-refractivity contribution is 5.47. The summed E-state index contributed by atoms with van der Waals surface area (Å²) >= 11 is 0. The number of nitrogens with zero attached hydrogens (tertiary/aromatic N) is 5. The quantitative estimate of drug-likeness (QED) is 0.737. The third kappa shape index (κ3) is 2.83. The Morgan fingerprint density at radius 1 is 1.40 bits per heavy atom. The lowest BCUT2D eigenvalue weighted by Crippen LogP contribution is -2.31. The van der Waals surface area contributed by atoms with E-state index < -0.39 is 0 Å². The van der Waals surface area contributed by atoms with Gasteiger partial charge >= 0.3 is 0 Å². The first-order chi connectivity index (χ1) is 12.2. The van der Waals surface area contributed by atoms with Crippen molar-refractivity contribution in [3.8, 4) is 17.7 Å². The molecule has 3 aromatic rings. The molecule has 0 aliphatic carbocycles. The number of nitriles is 1. The van der Waals surface area contributed by atoms with Gasteiger partial charge in [-0.25, -0.2) is 9.97 Å². The Balaban J connectivity index is 1.53. The number of aromatic nitrogens is 3. The minimum absolute atomic E-state index is 0.648. The van der Waals surface area contributed by atoms with Crippen LogP contribution in [0.2, 0.25) is 0 Å². The van der Waals surface area contributed by atoms with Gasteiger partial charge in [-0.15, -0.1) is 0 Å². The molecule has 4 heterocycles. The molecule has 0 saturated heterocycles. The van der Waals surface area contributed by atoms with Crippen molar-refractivity contribution in [3.63, 3.8) is 0 Å². The fourth-order valence-corrected chi connectivity index (χ4v) is 3.30. The normalized spacial score (nSPS) is 14.3. The third-order valence-electron chi connectivity index (χ3n) is 4.90. The van der Waals surface area contributed by atoms with E-state index >= 15 is 0 Å². The van der Waals surface area contributed by atoms with E-state index in [1.165, 1.54) is 5.56 Å². The molecule has 0 amide bonds. The third-order valence-corrected chi connectivity index (χ3v) is 4.90. The summed E-state index contributed by atoms with van der Waals surface area (Å²) in [6, 6.07) is 7.95. The summed E-state index contributed by atoms with van der Waals surface area (Å²) in [5.41, 5.74) is 5.31. The monoisotopic (exact) mass is 333 g/mol. The molecule has 0 unspecified atom stereocenters. The molecule has 6 heteroatoms. The SMILES string of the molecule is Cc1c(CN2CCc3nc(-c4ccco4)ncc3C2)cc(C#N)n1C. The maximum atomic E-state index is 9.19. The largest absolute Gasteiger partial charge is 0.461 e. The Kier molecular flexibility index (Phi) is 3.86. The molecule has 0 aromatic carbocycles. The van der Waals surface area contributed by atoms with Gasteiger partial charge in [0.2, 0.25) is 0 Å². The molecule has 0 fully saturated rings. The van der Waals surface area contributed by atoms with Crippen LogP contribution in [-0.2, 0) is 26.6 Å². The van der Waals surface area contributed by atoms with E-state index in [9.17, 15) is 5.26 Å². The Hall–Kier alpha value is -2.91. The topological polar surface area (TPSA) is 70.9 Å². The Morgan fingerprint density at radius 2 is 2.28 bits per heavy atom. The van der Waals surface area contributed by atoms with Crippen molar-refractivity contribution in [2.45, 2.75) is 26.4 Å². The molecule has 1 aliphatic heterocycles. The highest BCUT2D eigenvalue weighted by atomic mass is 16.3. The molecular weight excluding hydrogens is 314 g/mol. The van der Waals surface area contributed by atoms with E-state index in [1.807, 2.05) is 36.0 Å². The van der Waals surface area contributed by atoms with Gasteiger partial charge in [-0.2, -0.15) is 5.26 Å². The number of furan rings is 1. The Bertz CT molecular complexity index is 949. The van der Waals surface area contributed by atoms with Crippen molar-refractivity contribution in [2.24, 2.45) is 7.05 Å². The number of fused-ring (bicyclic) bond motifs is 1. The fraction of sp³-hybridized carbons (Fsp3) is 0.316. The van der Waals surface area contributed by atoms with E-state index in [0.29, 0.717) is 17.3 Å². The summed E-state index contributed by atoms with van der Waals surface area (Å²) in [6.45, 7) is 4.66. The van der Waals surface area contributed by atoms with Crippen molar-refractivity contribution >= 4 is 0 Å². The van der Waals surface area contributed by atoms with Crippen LogP contribution >= 0.6 is 0 Å². The fourth-order valence-electron chi connectivity index (χ4n) is 3.30. The summed E-state index contributed by atoms with van der Waals surface area (Å²) in [5.74, 6) is 1.35. The zero-order valence-corrected chi connectivity index (χ0v) is 14.4. The van der Waals surface area contributed by atoms with Crippen LogP contribution in [0.15, 0.2) is 35.1 Å². The first-order valence-corrected chi connectivity index (χ1v) is 8.32. The highest BCUT2D eigenvalue weighted by Gasteiger charge is 2.21. The van der Waals surface area contributed by atoms with E-state index in [2.05, 4.69) is 27.9 Å². The van der Waals surface area contributed by atoms with Crippen LogP contribution in [0.3, 0.4) is 0 Å². The van der Waals surface area contributed by atoms with Crippen LogP contribution in [0.4, 0.5) is 0 Å². The zero-order chi connectivity index (χ0) is 17.4. The predicted molar refractivity (Wildman–Crippen MR) is 92.4 cm³/mol. The molecule has 0 bridgehead atoms. The van der Waals surface area contributed by atoms with E-state index in [1.54, 1.807) is 6.26 Å². The van der Waals surface area contributed by atoms with Gasteiger partial charge in [-0.05, 0) is 30.7 Å². The molecule has 126 valence electrons. The van der Waals surface area contributed by atoms with Gasteiger partial charge in [0.25, 0.3) is 0 Å². The standard InChI is InChI=1S/C19H19N5O/c1-13-14(8-16(9-20)23(13)2)11-24-6-5-17-15(12-24)10-21-19(22-17)18-4-3-7-25-18/h3-4,7-8,10H,5-6,11-12H2,1-2H3. The Labute approximate surface area is 146 Å². The van der Waals surface area contributed by atoms with Crippen molar-refractivity contribution in [2.75, 3.05) is 6.54 Å². The van der Waals surface area contributed by atoms with Crippen LogP contribution in [0, 0.1) is 18.3 Å². The molecular formula is C19H19N5O. The highest BCUT2D eigenvalue weighted by Crippen LogP contribution is 2.23. The van der Waals surface area contributed by atoms with Crippen LogP contribution in [-0.4, -0.2) is 26.0 Å². The summed E-state index contributed by atoms with van der Waals surface area (Å²) in [5, 5.41) is 9.19. The number of hydrogen-bond donors (Lipinski definition) is 0. The summed E-state index contributed by atoms with van der Waals surface area (Å²) in [7, 11) is 1.94. The van der Waals surface area contributed by atoms with Gasteiger partial charge in [-0.3, -0.25) is 4.90 Å². The number of hydrogen-bond acceptors (Lipinski definition) is 5. The predicted octanol–water partition coefficient (Wildman–Crippen LogP) is 2.81. The van der Waals surface area contributed by atoms with E-state index in [-0.39, 0.29) is 0 Å². The van der Waals surface area contributed by atoms with Crippen LogP contribution in [0.5, 0.6) is 0 Å². The first kappa shape index (κ1) is 15.6. The van der Waals surface area contributed by atoms with Crippen molar-refractivity contribution in [1.29, 1.82) is 5.26 Å². The Morgan fingerprint density at radius 3 is 3.00 bits per heavy atom. The van der Waals surface area contributed by atoms with Gasteiger partial charge in [0.15, 0.2) is 11.6 Å². The minimum Gasteiger partial charge on any atom is -0.461 e. The molecule has 0 atom stereocenters. The second kappa shape index (κ2) is 6.19. The molecule has 0 radical (unpaired) electrons. The van der Waals surface area contributed by atoms with E-state index in [4.69, 9.17) is 4.42 Å². The van der Waals surface area contributed by atoms with Crippen LogP contribution in [0.25, 0.3) is 11.6 Å². The lowest BCUT2D eigenvalue weighted by atomic mass is 10.1. The molecule has 6 nitrogen and oxygen atoms in total. The maximum absolute atomic E-state index is 9.19. The molecule has 0 N–H and O–H groups in total. The average Bonchev–Trinajstić information content (AvgIpc) is 3.26. The number of rotatable bonds is 3. The van der Waals surface area contributed by atoms with Gasteiger partial charge in [0, 0.05) is 50.6 Å². The molecule has 25 heavy (non-hydrogen) atoms. The smallest absolute Gasteiger partial charge is 0.195 e. The van der Waals surface area contributed by atoms with Gasteiger partial charge in [-0.1, -0.05) is 0 Å². The van der Waals surface area contributed by atoms with Crippen molar-refractivity contribution in [1.82, 2.24) is 19.4 Å². The second-order valence-electron chi connectivity index (χ2n) is 6.41. The van der Waals surface area contributed by atoms with Crippen molar-refractivity contribution < 1.29 is 4.42 Å². The van der Waals surface area contributed by atoms with Crippen LogP contribution < -0.4 is 0 Å². The zero-order valence-electron chi connectivity index (χ0n) is 14.4. The molecule has 4 rings (SSSR count). The average molecular weight is 333 g/mol. The lowest BCUT2D eigenvalue weighted by Gasteiger charge is -2.28. The minimum atomic E-state index is 0.648. The molecule has 0 spiro atoms. The molecule has 0 saturated carbocycles. The second-order valence-corrected chi connectivity index (χ2v) is 6.41. The lowest BCUT2D eigenvalue weighted by molar-refractivity contribution is 0.242. The van der Waals surface area contributed by atoms with Crippen molar-refractivity contribution in [3.05, 3.63) is 58.9 Å². The molecule has 3 aromatic heterocycles. The van der Waals surface area contributed by atoms with Gasteiger partial charge in [0.05, 0.1) is 12.0 Å². The van der Waals surface area contributed by atoms with Crippen LogP contribution in [0.1, 0.15) is 28.2 Å². The first-order valence-electron chi connectivity index (χ1n) is 8.32. The maximum Gasteiger partial charge on any atom is 0.195 e.